The van der Waals surface area contributed by atoms with E-state index in [1.54, 1.807) is 6.20 Å². The second kappa shape index (κ2) is 3.59. The Labute approximate surface area is 87.3 Å². The van der Waals surface area contributed by atoms with Gasteiger partial charge >= 0.3 is 0 Å². The molecule has 2 heterocycles. The number of aromatic nitrogens is 2. The summed E-state index contributed by atoms with van der Waals surface area (Å²) in [5, 5.41) is 0.645. The number of nitrogens with two attached hydrogens (primary N) is 1. The van der Waals surface area contributed by atoms with Gasteiger partial charge in [-0.05, 0) is 12.1 Å². The van der Waals surface area contributed by atoms with Gasteiger partial charge in [0.05, 0.1) is 16.1 Å². The van der Waals surface area contributed by atoms with Crippen molar-refractivity contribution >= 4 is 22.6 Å². The molecule has 0 fully saturated rings. The lowest BCUT2D eigenvalue weighted by atomic mass is 10.1. The van der Waals surface area contributed by atoms with Crippen LogP contribution in [0.1, 0.15) is 18.5 Å². The molecule has 0 aromatic carbocycles. The first-order valence-electron chi connectivity index (χ1n) is 4.55. The number of halogens is 1. The maximum atomic E-state index is 5.83. The van der Waals surface area contributed by atoms with Crippen molar-refractivity contribution in [3.8, 4) is 0 Å². The molecule has 2 aromatic rings. The van der Waals surface area contributed by atoms with Crippen molar-refractivity contribution in [1.82, 2.24) is 9.97 Å². The predicted molar refractivity (Wildman–Crippen MR) is 58.6 cm³/mol. The van der Waals surface area contributed by atoms with Crippen LogP contribution in [0.5, 0.6) is 0 Å². The SMILES string of the molecule is CC(CN)c1cc2ncc(Cl)cc2[nH]1. The molecule has 2 aromatic heterocycles. The third kappa shape index (κ3) is 1.61. The molecule has 0 saturated heterocycles. The minimum atomic E-state index is 0.322. The number of aromatic amines is 1. The maximum absolute atomic E-state index is 5.83. The summed E-state index contributed by atoms with van der Waals surface area (Å²) in [4.78, 5) is 7.47. The molecule has 1 atom stereocenters. The molecule has 2 rings (SSSR count). The maximum Gasteiger partial charge on any atom is 0.0882 e. The second-order valence-corrected chi connectivity index (χ2v) is 3.88. The Morgan fingerprint density at radius 1 is 1.57 bits per heavy atom. The van der Waals surface area contributed by atoms with E-state index < -0.39 is 0 Å². The number of hydrogen-bond acceptors (Lipinski definition) is 2. The predicted octanol–water partition coefficient (Wildman–Crippen LogP) is 2.28. The topological polar surface area (TPSA) is 54.7 Å². The van der Waals surface area contributed by atoms with Crippen LogP contribution in [0.2, 0.25) is 5.02 Å². The zero-order chi connectivity index (χ0) is 10.1. The first-order valence-corrected chi connectivity index (χ1v) is 4.92. The van der Waals surface area contributed by atoms with Crippen LogP contribution in [-0.2, 0) is 0 Å². The van der Waals surface area contributed by atoms with Crippen molar-refractivity contribution in [3.05, 3.63) is 29.0 Å². The lowest BCUT2D eigenvalue weighted by molar-refractivity contribution is 0.754. The zero-order valence-corrected chi connectivity index (χ0v) is 8.67. The normalized spacial score (nSPS) is 13.4. The van der Waals surface area contributed by atoms with Crippen molar-refractivity contribution < 1.29 is 0 Å². The average molecular weight is 210 g/mol. The third-order valence-corrected chi connectivity index (χ3v) is 2.55. The molecule has 1 unspecified atom stereocenters. The molecular weight excluding hydrogens is 198 g/mol. The van der Waals surface area contributed by atoms with Crippen LogP contribution in [-0.4, -0.2) is 16.5 Å². The highest BCUT2D eigenvalue weighted by Crippen LogP contribution is 2.21. The number of nitrogens with zero attached hydrogens (tertiary/aromatic N) is 1. The summed E-state index contributed by atoms with van der Waals surface area (Å²) in [5.74, 6) is 0.322. The van der Waals surface area contributed by atoms with E-state index in [9.17, 15) is 0 Å². The van der Waals surface area contributed by atoms with Crippen LogP contribution in [0, 0.1) is 0 Å². The van der Waals surface area contributed by atoms with Crippen molar-refractivity contribution in [1.29, 1.82) is 0 Å². The van der Waals surface area contributed by atoms with Gasteiger partial charge in [0.1, 0.15) is 0 Å². The van der Waals surface area contributed by atoms with E-state index >= 15 is 0 Å². The molecule has 0 saturated carbocycles. The molecule has 0 amide bonds. The summed E-state index contributed by atoms with van der Waals surface area (Å²) < 4.78 is 0. The van der Waals surface area contributed by atoms with Gasteiger partial charge in [0.2, 0.25) is 0 Å². The van der Waals surface area contributed by atoms with Crippen LogP contribution in [0.25, 0.3) is 11.0 Å². The Bertz CT molecular complexity index is 450. The third-order valence-electron chi connectivity index (χ3n) is 2.34. The number of hydrogen-bond donors (Lipinski definition) is 2. The van der Waals surface area contributed by atoms with Gasteiger partial charge in [0, 0.05) is 24.4 Å². The summed E-state index contributed by atoms with van der Waals surface area (Å²) in [6.45, 7) is 2.70. The van der Waals surface area contributed by atoms with Gasteiger partial charge in [0.25, 0.3) is 0 Å². The van der Waals surface area contributed by atoms with Crippen molar-refractivity contribution in [2.45, 2.75) is 12.8 Å². The molecule has 0 aliphatic heterocycles. The molecule has 4 heteroatoms. The molecule has 0 radical (unpaired) electrons. The number of pyridine rings is 1. The van der Waals surface area contributed by atoms with E-state index in [2.05, 4.69) is 16.9 Å². The number of nitrogens with one attached hydrogen (secondary N) is 1. The van der Waals surface area contributed by atoms with Gasteiger partial charge in [-0.1, -0.05) is 18.5 Å². The van der Waals surface area contributed by atoms with Gasteiger partial charge in [-0.15, -0.1) is 0 Å². The van der Waals surface area contributed by atoms with E-state index in [0.717, 1.165) is 16.7 Å². The molecule has 14 heavy (non-hydrogen) atoms. The Balaban J connectivity index is 2.51. The van der Waals surface area contributed by atoms with Gasteiger partial charge in [-0.3, -0.25) is 4.98 Å². The second-order valence-electron chi connectivity index (χ2n) is 3.45. The zero-order valence-electron chi connectivity index (χ0n) is 7.92. The Kier molecular flexibility index (Phi) is 2.44. The highest BCUT2D eigenvalue weighted by molar-refractivity contribution is 6.31. The van der Waals surface area contributed by atoms with Gasteiger partial charge in [-0.25, -0.2) is 0 Å². The van der Waals surface area contributed by atoms with E-state index in [-0.39, 0.29) is 0 Å². The fourth-order valence-electron chi connectivity index (χ4n) is 1.40. The van der Waals surface area contributed by atoms with Crippen LogP contribution >= 0.6 is 11.6 Å². The van der Waals surface area contributed by atoms with Gasteiger partial charge in [0.15, 0.2) is 0 Å². The van der Waals surface area contributed by atoms with Crippen LogP contribution in [0.3, 0.4) is 0 Å². The fourth-order valence-corrected chi connectivity index (χ4v) is 1.55. The average Bonchev–Trinajstić information content (AvgIpc) is 2.59. The number of H-pyrrole nitrogens is 1. The molecule has 3 N–H and O–H groups in total. The highest BCUT2D eigenvalue weighted by Gasteiger charge is 2.07. The number of fused-ring (bicyclic) bond motifs is 1. The molecule has 0 aliphatic carbocycles. The van der Waals surface area contributed by atoms with Crippen molar-refractivity contribution in [2.24, 2.45) is 5.73 Å². The van der Waals surface area contributed by atoms with Gasteiger partial charge in [-0.2, -0.15) is 0 Å². The van der Waals surface area contributed by atoms with E-state index in [1.165, 1.54) is 0 Å². The van der Waals surface area contributed by atoms with Crippen molar-refractivity contribution in [3.63, 3.8) is 0 Å². The van der Waals surface area contributed by atoms with Crippen molar-refractivity contribution in [2.75, 3.05) is 6.54 Å². The molecule has 74 valence electrons. The Hall–Kier alpha value is -1.06. The van der Waals surface area contributed by atoms with E-state index in [0.29, 0.717) is 17.5 Å². The first-order chi connectivity index (χ1) is 6.70. The summed E-state index contributed by atoms with van der Waals surface area (Å²) in [5.41, 5.74) is 8.60. The first kappa shape index (κ1) is 9.49. The summed E-state index contributed by atoms with van der Waals surface area (Å²) >= 11 is 5.83. The molecule has 3 nitrogen and oxygen atoms in total. The molecule has 0 aliphatic rings. The smallest absolute Gasteiger partial charge is 0.0882 e. The Morgan fingerprint density at radius 2 is 2.36 bits per heavy atom. The molecule has 0 bridgehead atoms. The Morgan fingerprint density at radius 3 is 3.07 bits per heavy atom. The van der Waals surface area contributed by atoms with Gasteiger partial charge < -0.3 is 10.7 Å². The number of rotatable bonds is 2. The molecule has 0 spiro atoms. The van der Waals surface area contributed by atoms with Crippen LogP contribution < -0.4 is 5.73 Å². The monoisotopic (exact) mass is 209 g/mol. The largest absolute Gasteiger partial charge is 0.357 e. The lowest BCUT2D eigenvalue weighted by Gasteiger charge is -2.03. The van der Waals surface area contributed by atoms with E-state index in [1.807, 2.05) is 12.1 Å². The highest BCUT2D eigenvalue weighted by atomic mass is 35.5. The van der Waals surface area contributed by atoms with E-state index in [4.69, 9.17) is 17.3 Å². The van der Waals surface area contributed by atoms with Crippen LogP contribution in [0.15, 0.2) is 18.3 Å². The minimum absolute atomic E-state index is 0.322. The quantitative estimate of drug-likeness (QED) is 0.798. The van der Waals surface area contributed by atoms with Crippen LogP contribution in [0.4, 0.5) is 0 Å². The standard InChI is InChI=1S/C10H12ClN3/c1-6(4-12)8-3-9-10(14-8)2-7(11)5-13-9/h2-3,5-6,14H,4,12H2,1H3. The fraction of sp³-hybridized carbons (Fsp3) is 0.300. The summed E-state index contributed by atoms with van der Waals surface area (Å²) in [6, 6.07) is 3.89. The molecular formula is C10H12ClN3. The lowest BCUT2D eigenvalue weighted by Crippen LogP contribution is -2.08. The summed E-state index contributed by atoms with van der Waals surface area (Å²) in [7, 11) is 0. The minimum Gasteiger partial charge on any atom is -0.357 e. The summed E-state index contributed by atoms with van der Waals surface area (Å²) in [6.07, 6.45) is 1.65.